The van der Waals surface area contributed by atoms with E-state index >= 15 is 0 Å². The number of methoxy groups -OCH3 is 1. The summed E-state index contributed by atoms with van der Waals surface area (Å²) in [5.74, 6) is 0.995. The van der Waals surface area contributed by atoms with E-state index in [0.717, 1.165) is 53.2 Å². The smallest absolute Gasteiger partial charge is 0.231 e. The second-order valence-corrected chi connectivity index (χ2v) is 9.63. The number of amides is 1. The Kier molecular flexibility index (Phi) is 4.65. The van der Waals surface area contributed by atoms with Crippen molar-refractivity contribution in [2.45, 2.75) is 45.6 Å². The number of fused-ring (bicyclic) bond motifs is 1. The number of carbonyl (C=O) groups excluding carboxylic acids is 2. The van der Waals surface area contributed by atoms with Gasteiger partial charge in [0.2, 0.25) is 5.91 Å². The summed E-state index contributed by atoms with van der Waals surface area (Å²) in [6.07, 6.45) is 3.06. The molecule has 1 amide bonds. The number of allylic oxidation sites excluding steroid dienone is 1. The highest BCUT2D eigenvalue weighted by molar-refractivity contribution is 6.07. The van der Waals surface area contributed by atoms with E-state index in [1.165, 1.54) is 0 Å². The lowest BCUT2D eigenvalue weighted by Gasteiger charge is -2.37. The quantitative estimate of drug-likeness (QED) is 0.743. The maximum Gasteiger partial charge on any atom is 0.231 e. The first kappa shape index (κ1) is 19.9. The van der Waals surface area contributed by atoms with Gasteiger partial charge in [-0.1, -0.05) is 38.1 Å². The first-order valence-corrected chi connectivity index (χ1v) is 11.0. The van der Waals surface area contributed by atoms with Gasteiger partial charge in [0.15, 0.2) is 5.78 Å². The molecule has 1 saturated carbocycles. The minimum absolute atomic E-state index is 0.0334. The number of hydrogen-bond acceptors (Lipinski definition) is 4. The first-order valence-electron chi connectivity index (χ1n) is 11.0. The number of ether oxygens (including phenoxy) is 1. The van der Waals surface area contributed by atoms with Crippen LogP contribution in [0.25, 0.3) is 0 Å². The lowest BCUT2D eigenvalue weighted by molar-refractivity contribution is -0.120. The zero-order valence-electron chi connectivity index (χ0n) is 18.3. The first-order chi connectivity index (χ1) is 14.9. The number of nitrogens with zero attached hydrogens (tertiary/aromatic N) is 1. The number of anilines is 2. The Labute approximate surface area is 183 Å². The number of para-hydroxylation sites is 2. The number of benzene rings is 2. The van der Waals surface area contributed by atoms with Crippen LogP contribution in [0.5, 0.6) is 5.75 Å². The summed E-state index contributed by atoms with van der Waals surface area (Å²) >= 11 is 0. The van der Waals surface area contributed by atoms with Crippen molar-refractivity contribution in [2.24, 2.45) is 11.3 Å². The van der Waals surface area contributed by atoms with Crippen molar-refractivity contribution in [1.29, 1.82) is 0 Å². The van der Waals surface area contributed by atoms with Crippen molar-refractivity contribution < 1.29 is 14.3 Å². The molecule has 1 fully saturated rings. The van der Waals surface area contributed by atoms with Gasteiger partial charge in [0.1, 0.15) is 5.75 Å². The van der Waals surface area contributed by atoms with Crippen molar-refractivity contribution in [1.82, 2.24) is 0 Å². The predicted molar refractivity (Wildman–Crippen MR) is 121 cm³/mol. The van der Waals surface area contributed by atoms with Crippen LogP contribution in [0.3, 0.4) is 0 Å². The molecule has 0 aromatic heterocycles. The number of carbonyl (C=O) groups is 2. The van der Waals surface area contributed by atoms with Crippen LogP contribution in [0, 0.1) is 11.3 Å². The van der Waals surface area contributed by atoms with Gasteiger partial charge >= 0.3 is 0 Å². The minimum atomic E-state index is -0.450. The molecule has 0 spiro atoms. The number of rotatable bonds is 3. The monoisotopic (exact) mass is 416 g/mol. The fourth-order valence-corrected chi connectivity index (χ4v) is 4.86. The van der Waals surface area contributed by atoms with Gasteiger partial charge in [-0.3, -0.25) is 14.5 Å². The molecule has 0 bridgehead atoms. The lowest BCUT2D eigenvalue weighted by Crippen LogP contribution is -2.40. The van der Waals surface area contributed by atoms with Gasteiger partial charge in [-0.25, -0.2) is 0 Å². The predicted octanol–water partition coefficient (Wildman–Crippen LogP) is 5.25. The highest BCUT2D eigenvalue weighted by atomic mass is 16.5. The van der Waals surface area contributed by atoms with Gasteiger partial charge in [0, 0.05) is 23.6 Å². The molecule has 5 nitrogen and oxygen atoms in total. The van der Waals surface area contributed by atoms with Gasteiger partial charge in [-0.2, -0.15) is 0 Å². The third kappa shape index (κ3) is 3.52. The molecule has 1 aliphatic heterocycles. The van der Waals surface area contributed by atoms with E-state index in [4.69, 9.17) is 4.74 Å². The van der Waals surface area contributed by atoms with Crippen LogP contribution in [0.2, 0.25) is 0 Å². The normalized spacial score (nSPS) is 22.2. The van der Waals surface area contributed by atoms with E-state index in [1.54, 1.807) is 7.11 Å². The minimum Gasteiger partial charge on any atom is -0.497 e. The van der Waals surface area contributed by atoms with Crippen molar-refractivity contribution in [3.8, 4) is 5.75 Å². The molecule has 2 aromatic rings. The molecular weight excluding hydrogens is 388 g/mol. The average Bonchev–Trinajstić information content (AvgIpc) is 3.58. The average molecular weight is 417 g/mol. The number of hydrogen-bond donors (Lipinski definition) is 1. The molecule has 1 heterocycles. The standard InChI is InChI=1S/C26H28N2O3/c1-26(2)14-20-23(22(29)15-26)24(16-10-12-18(31-3)13-11-16)28(25(30)17-8-9-17)21-7-5-4-6-19(21)27-20/h4-7,10-13,17,24,27H,8-9,14-15H2,1-3H3. The topological polar surface area (TPSA) is 58.6 Å². The summed E-state index contributed by atoms with van der Waals surface area (Å²) in [6, 6.07) is 15.2. The van der Waals surface area contributed by atoms with Crippen LogP contribution < -0.4 is 15.0 Å². The summed E-state index contributed by atoms with van der Waals surface area (Å²) in [7, 11) is 1.64. The fraction of sp³-hybridized carbons (Fsp3) is 0.385. The van der Waals surface area contributed by atoms with Crippen molar-refractivity contribution in [3.63, 3.8) is 0 Å². The Morgan fingerprint density at radius 3 is 2.45 bits per heavy atom. The molecule has 1 N–H and O–H groups in total. The Balaban J connectivity index is 1.75. The molecule has 1 unspecified atom stereocenters. The van der Waals surface area contributed by atoms with Crippen molar-refractivity contribution in [2.75, 3.05) is 17.3 Å². The Bertz CT molecular complexity index is 1080. The molecule has 1 atom stereocenters. The highest BCUT2D eigenvalue weighted by Crippen LogP contribution is 2.49. The SMILES string of the molecule is COc1ccc(C2C3=C(CC(C)(C)CC3=O)Nc3ccccc3N2C(=O)C2CC2)cc1. The number of Topliss-reactive ketones (excluding diaryl/α,β-unsaturated/α-hetero) is 1. The lowest BCUT2D eigenvalue weighted by atomic mass is 9.73. The highest BCUT2D eigenvalue weighted by Gasteiger charge is 2.45. The molecular formula is C26H28N2O3. The molecule has 0 radical (unpaired) electrons. The maximum absolute atomic E-state index is 13.6. The molecule has 5 heteroatoms. The second kappa shape index (κ2) is 7.26. The van der Waals surface area contributed by atoms with E-state index in [9.17, 15) is 9.59 Å². The van der Waals surface area contributed by atoms with E-state index < -0.39 is 6.04 Å². The Hall–Kier alpha value is -3.08. The maximum atomic E-state index is 13.6. The zero-order chi connectivity index (χ0) is 21.8. The van der Waals surface area contributed by atoms with Gasteiger partial charge in [-0.15, -0.1) is 0 Å². The van der Waals surface area contributed by atoms with Crippen molar-refractivity contribution >= 4 is 23.1 Å². The van der Waals surface area contributed by atoms with Gasteiger partial charge in [0.25, 0.3) is 0 Å². The largest absolute Gasteiger partial charge is 0.497 e. The molecule has 3 aliphatic rings. The molecule has 5 rings (SSSR count). The Morgan fingerprint density at radius 1 is 1.06 bits per heavy atom. The molecule has 160 valence electrons. The van der Waals surface area contributed by atoms with Crippen LogP contribution in [-0.2, 0) is 9.59 Å². The molecule has 0 saturated heterocycles. The Morgan fingerprint density at radius 2 is 1.77 bits per heavy atom. The van der Waals surface area contributed by atoms with Crippen LogP contribution in [0.4, 0.5) is 11.4 Å². The summed E-state index contributed by atoms with van der Waals surface area (Å²) in [6.45, 7) is 4.26. The summed E-state index contributed by atoms with van der Waals surface area (Å²) < 4.78 is 5.34. The van der Waals surface area contributed by atoms with Crippen LogP contribution in [-0.4, -0.2) is 18.8 Å². The van der Waals surface area contributed by atoms with E-state index in [1.807, 2.05) is 53.4 Å². The van der Waals surface area contributed by atoms with Crippen LogP contribution >= 0.6 is 0 Å². The summed E-state index contributed by atoms with van der Waals surface area (Å²) in [5.41, 5.74) is 4.16. The summed E-state index contributed by atoms with van der Waals surface area (Å²) in [4.78, 5) is 29.1. The van der Waals surface area contributed by atoms with Crippen molar-refractivity contribution in [3.05, 3.63) is 65.4 Å². The van der Waals surface area contributed by atoms with Crippen LogP contribution in [0.1, 0.15) is 51.1 Å². The third-order valence-corrected chi connectivity index (χ3v) is 6.50. The van der Waals surface area contributed by atoms with Gasteiger partial charge in [0.05, 0.1) is 24.5 Å². The third-order valence-electron chi connectivity index (χ3n) is 6.50. The van der Waals surface area contributed by atoms with Gasteiger partial charge in [-0.05, 0) is 54.5 Å². The molecule has 2 aromatic carbocycles. The van der Waals surface area contributed by atoms with E-state index in [2.05, 4.69) is 19.2 Å². The summed E-state index contributed by atoms with van der Waals surface area (Å²) in [5, 5.41) is 3.55. The van der Waals surface area contributed by atoms with E-state index in [-0.39, 0.29) is 23.0 Å². The molecule has 2 aliphatic carbocycles. The number of ketones is 1. The zero-order valence-corrected chi connectivity index (χ0v) is 18.3. The molecule has 31 heavy (non-hydrogen) atoms. The fourth-order valence-electron chi connectivity index (χ4n) is 4.86. The van der Waals surface area contributed by atoms with Crippen LogP contribution in [0.15, 0.2) is 59.8 Å². The second-order valence-electron chi connectivity index (χ2n) is 9.63. The number of nitrogens with one attached hydrogen (secondary N) is 1. The van der Waals surface area contributed by atoms with E-state index in [0.29, 0.717) is 6.42 Å². The van der Waals surface area contributed by atoms with Gasteiger partial charge < -0.3 is 10.1 Å².